The first-order valence-corrected chi connectivity index (χ1v) is 7.66. The Bertz CT molecular complexity index is 511. The van der Waals surface area contributed by atoms with E-state index < -0.39 is 0 Å². The molecule has 0 amide bonds. The van der Waals surface area contributed by atoms with Crippen molar-refractivity contribution < 1.29 is 0 Å². The van der Waals surface area contributed by atoms with E-state index in [1.165, 1.54) is 25.7 Å². The van der Waals surface area contributed by atoms with Crippen LogP contribution in [-0.4, -0.2) is 25.2 Å². The molecule has 0 aromatic heterocycles. The van der Waals surface area contributed by atoms with Crippen molar-refractivity contribution in [3.63, 3.8) is 0 Å². The summed E-state index contributed by atoms with van der Waals surface area (Å²) >= 11 is 3.47. The van der Waals surface area contributed by atoms with E-state index in [2.05, 4.69) is 39.3 Å². The quantitative estimate of drug-likeness (QED) is 0.910. The molecule has 1 N–H and O–H groups in total. The molecule has 2 aliphatic rings. The molecule has 0 aliphatic carbocycles. The Hall–Kier alpha value is -1.05. The van der Waals surface area contributed by atoms with Crippen molar-refractivity contribution in [1.29, 1.82) is 5.26 Å². The standard InChI is InChI=1S/C15H18BrN3/c1-19(12-7-10-5-6-11(8-12)18-10)15-4-2-3-14(16)13(15)9-17/h2-4,10-12,18H,5-8H2,1H3. The molecule has 0 saturated carbocycles. The Morgan fingerprint density at radius 3 is 2.63 bits per heavy atom. The highest BCUT2D eigenvalue weighted by Crippen LogP contribution is 2.34. The average Bonchev–Trinajstić information content (AvgIpc) is 2.76. The molecule has 2 atom stereocenters. The van der Waals surface area contributed by atoms with Gasteiger partial charge >= 0.3 is 0 Å². The second-order valence-electron chi connectivity index (χ2n) is 5.62. The lowest BCUT2D eigenvalue weighted by atomic mass is 9.97. The summed E-state index contributed by atoms with van der Waals surface area (Å²) in [6.07, 6.45) is 4.98. The number of nitrogens with zero attached hydrogens (tertiary/aromatic N) is 2. The summed E-state index contributed by atoms with van der Waals surface area (Å²) in [7, 11) is 2.12. The number of hydrogen-bond donors (Lipinski definition) is 1. The van der Waals surface area contributed by atoms with E-state index in [1.807, 2.05) is 18.2 Å². The molecule has 2 aliphatic heterocycles. The normalized spacial score (nSPS) is 29.0. The van der Waals surface area contributed by atoms with Crippen molar-refractivity contribution in [2.45, 2.75) is 43.8 Å². The van der Waals surface area contributed by atoms with Crippen LogP contribution in [0.15, 0.2) is 22.7 Å². The number of benzene rings is 1. The van der Waals surface area contributed by atoms with E-state index in [1.54, 1.807) is 0 Å². The summed E-state index contributed by atoms with van der Waals surface area (Å²) in [4.78, 5) is 2.30. The number of nitriles is 1. The molecule has 0 spiro atoms. The van der Waals surface area contributed by atoms with Gasteiger partial charge in [0.15, 0.2) is 0 Å². The predicted molar refractivity (Wildman–Crippen MR) is 80.2 cm³/mol. The third kappa shape index (κ3) is 2.37. The van der Waals surface area contributed by atoms with Crippen LogP contribution in [0.5, 0.6) is 0 Å². The van der Waals surface area contributed by atoms with Crippen molar-refractivity contribution in [1.82, 2.24) is 5.32 Å². The van der Waals surface area contributed by atoms with Gasteiger partial charge in [0.1, 0.15) is 6.07 Å². The maximum Gasteiger partial charge on any atom is 0.103 e. The maximum absolute atomic E-state index is 9.34. The van der Waals surface area contributed by atoms with Gasteiger partial charge in [-0.3, -0.25) is 0 Å². The van der Waals surface area contributed by atoms with Crippen LogP contribution in [0.1, 0.15) is 31.2 Å². The van der Waals surface area contributed by atoms with Crippen molar-refractivity contribution in [3.8, 4) is 6.07 Å². The van der Waals surface area contributed by atoms with E-state index in [4.69, 9.17) is 0 Å². The SMILES string of the molecule is CN(c1cccc(Br)c1C#N)C1CC2CCC(C1)N2. The highest BCUT2D eigenvalue weighted by atomic mass is 79.9. The molecule has 2 saturated heterocycles. The van der Waals surface area contributed by atoms with Crippen LogP contribution in [0.2, 0.25) is 0 Å². The summed E-state index contributed by atoms with van der Waals surface area (Å²) in [5, 5.41) is 13.0. The number of hydrogen-bond acceptors (Lipinski definition) is 3. The smallest absolute Gasteiger partial charge is 0.103 e. The van der Waals surface area contributed by atoms with Crippen molar-refractivity contribution in [2.75, 3.05) is 11.9 Å². The average molecular weight is 320 g/mol. The zero-order valence-corrected chi connectivity index (χ0v) is 12.7. The fourth-order valence-electron chi connectivity index (χ4n) is 3.46. The van der Waals surface area contributed by atoms with Crippen LogP contribution < -0.4 is 10.2 Å². The van der Waals surface area contributed by atoms with E-state index >= 15 is 0 Å². The molecule has 4 heteroatoms. The van der Waals surface area contributed by atoms with Gasteiger partial charge in [-0.2, -0.15) is 5.26 Å². The van der Waals surface area contributed by atoms with Crippen LogP contribution in [0, 0.1) is 11.3 Å². The van der Waals surface area contributed by atoms with E-state index in [0.29, 0.717) is 18.1 Å². The molecule has 19 heavy (non-hydrogen) atoms. The van der Waals surface area contributed by atoms with Gasteiger partial charge in [-0.05, 0) is 53.7 Å². The van der Waals surface area contributed by atoms with Gasteiger partial charge in [0.2, 0.25) is 0 Å². The van der Waals surface area contributed by atoms with Gasteiger partial charge in [-0.25, -0.2) is 0 Å². The Labute approximate surface area is 122 Å². The molecule has 2 heterocycles. The van der Waals surface area contributed by atoms with Gasteiger partial charge < -0.3 is 10.2 Å². The predicted octanol–water partition coefficient (Wildman–Crippen LogP) is 3.04. The lowest BCUT2D eigenvalue weighted by Gasteiger charge is -2.37. The number of piperidine rings is 1. The second-order valence-corrected chi connectivity index (χ2v) is 6.47. The molecule has 100 valence electrons. The Balaban J connectivity index is 1.86. The number of nitrogens with one attached hydrogen (secondary N) is 1. The molecule has 0 radical (unpaired) electrons. The molecule has 1 aromatic rings. The molecule has 2 bridgehead atoms. The maximum atomic E-state index is 9.34. The van der Waals surface area contributed by atoms with Gasteiger partial charge in [-0.15, -0.1) is 0 Å². The monoisotopic (exact) mass is 319 g/mol. The van der Waals surface area contributed by atoms with Crippen molar-refractivity contribution >= 4 is 21.6 Å². The third-order valence-electron chi connectivity index (χ3n) is 4.48. The van der Waals surface area contributed by atoms with Crippen LogP contribution in [0.25, 0.3) is 0 Å². The lowest BCUT2D eigenvalue weighted by Crippen LogP contribution is -2.47. The summed E-state index contributed by atoms with van der Waals surface area (Å²) in [6, 6.07) is 10.2. The molecule has 2 fully saturated rings. The Morgan fingerprint density at radius 2 is 2.00 bits per heavy atom. The highest BCUT2D eigenvalue weighted by molar-refractivity contribution is 9.10. The van der Waals surface area contributed by atoms with Crippen molar-refractivity contribution in [2.24, 2.45) is 0 Å². The first-order chi connectivity index (χ1) is 9.19. The first-order valence-electron chi connectivity index (χ1n) is 6.86. The van der Waals surface area contributed by atoms with Gasteiger partial charge in [-0.1, -0.05) is 6.07 Å². The minimum absolute atomic E-state index is 0.542. The van der Waals surface area contributed by atoms with Gasteiger partial charge in [0, 0.05) is 29.6 Å². The molecule has 3 nitrogen and oxygen atoms in total. The summed E-state index contributed by atoms with van der Waals surface area (Å²) in [6.45, 7) is 0. The van der Waals surface area contributed by atoms with E-state index in [0.717, 1.165) is 15.7 Å². The number of fused-ring (bicyclic) bond motifs is 2. The highest BCUT2D eigenvalue weighted by Gasteiger charge is 2.35. The van der Waals surface area contributed by atoms with E-state index in [9.17, 15) is 5.26 Å². The number of rotatable bonds is 2. The van der Waals surface area contributed by atoms with Crippen LogP contribution in [-0.2, 0) is 0 Å². The first kappa shape index (κ1) is 13.0. The van der Waals surface area contributed by atoms with Crippen LogP contribution >= 0.6 is 15.9 Å². The second kappa shape index (κ2) is 5.15. The largest absolute Gasteiger partial charge is 0.370 e. The van der Waals surface area contributed by atoms with Crippen molar-refractivity contribution in [3.05, 3.63) is 28.2 Å². The Kier molecular flexibility index (Phi) is 3.51. The third-order valence-corrected chi connectivity index (χ3v) is 5.14. The number of anilines is 1. The zero-order valence-electron chi connectivity index (χ0n) is 11.1. The minimum Gasteiger partial charge on any atom is -0.370 e. The van der Waals surface area contributed by atoms with Crippen LogP contribution in [0.4, 0.5) is 5.69 Å². The molecular weight excluding hydrogens is 302 g/mol. The number of halogens is 1. The van der Waals surface area contributed by atoms with Gasteiger partial charge in [0.05, 0.1) is 11.3 Å². The van der Waals surface area contributed by atoms with Gasteiger partial charge in [0.25, 0.3) is 0 Å². The topological polar surface area (TPSA) is 39.1 Å². The lowest BCUT2D eigenvalue weighted by molar-refractivity contribution is 0.354. The summed E-state index contributed by atoms with van der Waals surface area (Å²) in [5.41, 5.74) is 1.79. The van der Waals surface area contributed by atoms with E-state index in [-0.39, 0.29) is 0 Å². The zero-order chi connectivity index (χ0) is 13.4. The summed E-state index contributed by atoms with van der Waals surface area (Å²) < 4.78 is 0.885. The molecule has 1 aromatic carbocycles. The molecular formula is C15H18BrN3. The Morgan fingerprint density at radius 1 is 1.32 bits per heavy atom. The summed E-state index contributed by atoms with van der Waals surface area (Å²) in [5.74, 6) is 0. The fraction of sp³-hybridized carbons (Fsp3) is 0.533. The molecule has 2 unspecified atom stereocenters. The van der Waals surface area contributed by atoms with Crippen LogP contribution in [0.3, 0.4) is 0 Å². The minimum atomic E-state index is 0.542. The molecule has 3 rings (SSSR count). The fourth-order valence-corrected chi connectivity index (χ4v) is 3.90.